The molecular weight excluding hydrogens is 607 g/mol. The zero-order chi connectivity index (χ0) is 32.0. The highest BCUT2D eigenvalue weighted by molar-refractivity contribution is 8.02. The van der Waals surface area contributed by atoms with E-state index in [-0.39, 0.29) is 11.9 Å². The minimum absolute atomic E-state index is 0.0201. The highest BCUT2D eigenvalue weighted by Crippen LogP contribution is 2.32. The molecule has 2 atom stereocenters. The van der Waals surface area contributed by atoms with Crippen LogP contribution in [0.15, 0.2) is 77.7 Å². The molecule has 0 radical (unpaired) electrons. The minimum atomic E-state index is -2.38. The second-order valence-electron chi connectivity index (χ2n) is 12.1. The molecule has 238 valence electrons. The first-order valence-corrected chi connectivity index (χ1v) is 17.6. The molecule has 5 rings (SSSR count). The Hall–Kier alpha value is -3.93. The van der Waals surface area contributed by atoms with Gasteiger partial charge in [0, 0.05) is 26.5 Å². The maximum Gasteiger partial charge on any atom is 0.407 e. The van der Waals surface area contributed by atoms with Crippen LogP contribution in [-0.2, 0) is 20.7 Å². The second-order valence-corrected chi connectivity index (χ2v) is 15.8. The lowest BCUT2D eigenvalue weighted by atomic mass is 10.0. The number of nitrogens with one attached hydrogen (secondary N) is 3. The number of hydrogen-bond acceptors (Lipinski definition) is 8. The molecule has 11 heteroatoms. The Morgan fingerprint density at radius 3 is 2.58 bits per heavy atom. The van der Waals surface area contributed by atoms with Crippen molar-refractivity contribution in [3.8, 4) is 5.75 Å². The lowest BCUT2D eigenvalue weighted by molar-refractivity contribution is 0.0525. The molecule has 0 bridgehead atoms. The van der Waals surface area contributed by atoms with Gasteiger partial charge in [0.05, 0.1) is 28.7 Å². The predicted octanol–water partition coefficient (Wildman–Crippen LogP) is 6.01. The molecule has 0 saturated heterocycles. The molecule has 0 aliphatic heterocycles. The molecule has 1 aliphatic rings. The highest BCUT2D eigenvalue weighted by atomic mass is 32.2. The number of fused-ring (bicyclic) bond motifs is 1. The molecule has 1 saturated carbocycles. The molecular formula is C34H41N5O4S2. The number of nitrogens with two attached hydrogens (primary N) is 1. The van der Waals surface area contributed by atoms with Crippen LogP contribution in [-0.4, -0.2) is 50.6 Å². The quantitative estimate of drug-likeness (QED) is 0.0603. The third-order valence-corrected chi connectivity index (χ3v) is 11.3. The number of carbonyl (C=O) groups is 1. The summed E-state index contributed by atoms with van der Waals surface area (Å²) in [5, 5.41) is 15.1. The maximum atomic E-state index is 14.3. The maximum absolute atomic E-state index is 14.3. The third-order valence-electron chi connectivity index (χ3n) is 7.19. The number of benzene rings is 3. The van der Waals surface area contributed by atoms with E-state index in [4.69, 9.17) is 25.6 Å². The van der Waals surface area contributed by atoms with Gasteiger partial charge in [-0.05, 0) is 93.3 Å². The first-order valence-electron chi connectivity index (χ1n) is 15.1. The number of ether oxygens (including phenoxy) is 2. The van der Waals surface area contributed by atoms with Crippen LogP contribution >= 0.6 is 11.3 Å². The van der Waals surface area contributed by atoms with Crippen molar-refractivity contribution in [1.29, 1.82) is 5.41 Å². The van der Waals surface area contributed by atoms with Crippen LogP contribution in [0.3, 0.4) is 0 Å². The summed E-state index contributed by atoms with van der Waals surface area (Å²) in [4.78, 5) is 18.8. The third kappa shape index (κ3) is 8.84. The van der Waals surface area contributed by atoms with Crippen molar-refractivity contribution in [1.82, 2.24) is 15.6 Å². The summed E-state index contributed by atoms with van der Waals surface area (Å²) in [6, 6.07) is 23.0. The van der Waals surface area contributed by atoms with Crippen molar-refractivity contribution in [2.24, 2.45) is 5.73 Å². The molecule has 9 nitrogen and oxygen atoms in total. The van der Waals surface area contributed by atoms with E-state index >= 15 is 0 Å². The number of hydrogen-bond donors (Lipinski definition) is 4. The Morgan fingerprint density at radius 1 is 1.09 bits per heavy atom. The Kier molecular flexibility index (Phi) is 10.1. The SMILES string of the molecule is CC(C)(C)OC(=O)NCCCOc1ccc2nc(C(Cc3cccc(C(=N)N)c3)NCS(=O)(=C3CC3)c3ccccc3)sc2c1. The molecule has 1 aromatic heterocycles. The fourth-order valence-electron chi connectivity index (χ4n) is 4.87. The van der Waals surface area contributed by atoms with Crippen LogP contribution in [0.5, 0.6) is 5.75 Å². The summed E-state index contributed by atoms with van der Waals surface area (Å²) < 4.78 is 26.6. The molecule has 3 aromatic carbocycles. The first-order chi connectivity index (χ1) is 21.5. The zero-order valence-corrected chi connectivity index (χ0v) is 27.6. The number of amides is 1. The lowest BCUT2D eigenvalue weighted by Crippen LogP contribution is -2.33. The Labute approximate surface area is 269 Å². The molecule has 1 heterocycles. The number of carbonyl (C=O) groups excluding carboxylic acids is 1. The van der Waals surface area contributed by atoms with E-state index in [1.165, 1.54) is 0 Å². The van der Waals surface area contributed by atoms with E-state index in [0.29, 0.717) is 37.4 Å². The average Bonchev–Trinajstić information content (AvgIpc) is 3.78. The summed E-state index contributed by atoms with van der Waals surface area (Å²) >= 11 is 1.58. The smallest absolute Gasteiger partial charge is 0.407 e. The van der Waals surface area contributed by atoms with Gasteiger partial charge in [-0.15, -0.1) is 11.3 Å². The number of nitrogens with zero attached hydrogens (tertiary/aromatic N) is 1. The number of amidine groups is 1. The van der Waals surface area contributed by atoms with Crippen molar-refractivity contribution in [2.45, 2.75) is 63.0 Å². The lowest BCUT2D eigenvalue weighted by Gasteiger charge is -2.20. The van der Waals surface area contributed by atoms with Gasteiger partial charge in [0.1, 0.15) is 22.2 Å². The van der Waals surface area contributed by atoms with Gasteiger partial charge in [0.25, 0.3) is 0 Å². The molecule has 1 aliphatic carbocycles. The van der Waals surface area contributed by atoms with E-state index in [2.05, 4.69) is 10.6 Å². The van der Waals surface area contributed by atoms with Gasteiger partial charge >= 0.3 is 6.09 Å². The van der Waals surface area contributed by atoms with Crippen molar-refractivity contribution < 1.29 is 18.5 Å². The highest BCUT2D eigenvalue weighted by Gasteiger charge is 2.27. The van der Waals surface area contributed by atoms with E-state index in [1.807, 2.05) is 93.6 Å². The fraction of sp³-hybridized carbons (Fsp3) is 0.353. The number of aromatic nitrogens is 1. The van der Waals surface area contributed by atoms with E-state index < -0.39 is 21.2 Å². The summed E-state index contributed by atoms with van der Waals surface area (Å²) in [7, 11) is -2.38. The normalized spacial score (nSPS) is 14.9. The van der Waals surface area contributed by atoms with E-state index in [1.54, 1.807) is 11.3 Å². The van der Waals surface area contributed by atoms with Crippen LogP contribution in [0.2, 0.25) is 0 Å². The topological polar surface area (TPSA) is 139 Å². The Morgan fingerprint density at radius 2 is 1.87 bits per heavy atom. The standard InChI is InChI=1S/C34H41N5O4S2/c1-34(2,3)43-33(40)37-17-8-18-42-25-13-16-28-30(21-25)44-32(39-28)29(20-23-9-7-10-24(19-23)31(35)36)38-22-45(41,27-14-15-27)26-11-5-4-6-12-26/h4-7,9-13,16,19,21,29,38H,8,14-15,17-18,20,22H2,1-3H3,(H3,35,36)(H,37,40). The summed E-state index contributed by atoms with van der Waals surface area (Å²) in [5.41, 5.74) is 7.78. The average molecular weight is 648 g/mol. The number of thiazole rings is 1. The number of rotatable bonds is 13. The summed E-state index contributed by atoms with van der Waals surface area (Å²) in [6.45, 7) is 6.38. The first kappa shape index (κ1) is 32.5. The molecule has 1 amide bonds. The van der Waals surface area contributed by atoms with Gasteiger partial charge in [0.15, 0.2) is 0 Å². The van der Waals surface area contributed by atoms with Crippen molar-refractivity contribution >= 4 is 47.9 Å². The minimum Gasteiger partial charge on any atom is -0.493 e. The van der Waals surface area contributed by atoms with Crippen LogP contribution < -0.4 is 21.1 Å². The molecule has 1 fully saturated rings. The van der Waals surface area contributed by atoms with Gasteiger partial charge in [-0.25, -0.2) is 9.78 Å². The van der Waals surface area contributed by atoms with Crippen molar-refractivity contribution in [3.63, 3.8) is 0 Å². The van der Waals surface area contributed by atoms with E-state index in [0.717, 1.165) is 49.1 Å². The molecule has 0 spiro atoms. The molecule has 45 heavy (non-hydrogen) atoms. The van der Waals surface area contributed by atoms with Crippen LogP contribution in [0, 0.1) is 5.41 Å². The Balaban J connectivity index is 1.32. The fourth-order valence-corrected chi connectivity index (χ4v) is 8.44. The van der Waals surface area contributed by atoms with Crippen molar-refractivity contribution in [3.05, 3.63) is 88.9 Å². The number of alkyl carbamates (subject to hydrolysis) is 1. The largest absolute Gasteiger partial charge is 0.493 e. The van der Waals surface area contributed by atoms with Gasteiger partial charge in [-0.3, -0.25) is 14.9 Å². The molecule has 5 N–H and O–H groups in total. The molecule has 4 aromatic rings. The van der Waals surface area contributed by atoms with Crippen LogP contribution in [0.1, 0.15) is 62.2 Å². The van der Waals surface area contributed by atoms with E-state index in [9.17, 15) is 9.00 Å². The zero-order valence-electron chi connectivity index (χ0n) is 25.9. The number of nitrogen functional groups attached to an aromatic ring is 1. The van der Waals surface area contributed by atoms with Crippen LogP contribution in [0.25, 0.3) is 10.2 Å². The van der Waals surface area contributed by atoms with Gasteiger partial charge in [0.2, 0.25) is 0 Å². The Bertz CT molecular complexity index is 1780. The van der Waals surface area contributed by atoms with Gasteiger partial charge in [-0.1, -0.05) is 36.4 Å². The van der Waals surface area contributed by atoms with Crippen molar-refractivity contribution in [2.75, 3.05) is 19.0 Å². The second kappa shape index (κ2) is 14.0. The monoisotopic (exact) mass is 647 g/mol. The summed E-state index contributed by atoms with van der Waals surface area (Å²) in [5.74, 6) is 1.07. The van der Waals surface area contributed by atoms with Gasteiger partial charge in [-0.2, -0.15) is 0 Å². The van der Waals surface area contributed by atoms with Gasteiger partial charge < -0.3 is 20.5 Å². The molecule has 2 unspecified atom stereocenters. The summed E-state index contributed by atoms with van der Waals surface area (Å²) in [6.07, 6.45) is 2.57. The predicted molar refractivity (Wildman–Crippen MR) is 183 cm³/mol. The van der Waals surface area contributed by atoms with Crippen LogP contribution in [0.4, 0.5) is 4.79 Å².